The Morgan fingerprint density at radius 1 is 1.27 bits per heavy atom. The first-order chi connectivity index (χ1) is 14.4. The van der Waals surface area contributed by atoms with Gasteiger partial charge in [-0.1, -0.05) is 6.07 Å². The molecule has 30 heavy (non-hydrogen) atoms. The normalized spacial score (nSPS) is 38.8. The number of ether oxygens (including phenoxy) is 1. The molecule has 7 heteroatoms. The Hall–Kier alpha value is -1.83. The van der Waals surface area contributed by atoms with Crippen molar-refractivity contribution in [2.45, 2.75) is 74.1 Å². The Morgan fingerprint density at radius 2 is 2.10 bits per heavy atom. The van der Waals surface area contributed by atoms with Gasteiger partial charge in [0.25, 0.3) is 0 Å². The molecule has 1 spiro atoms. The van der Waals surface area contributed by atoms with Crippen molar-refractivity contribution in [3.8, 4) is 11.5 Å². The lowest BCUT2D eigenvalue weighted by atomic mass is 9.48. The zero-order valence-electron chi connectivity index (χ0n) is 17.1. The van der Waals surface area contributed by atoms with E-state index in [2.05, 4.69) is 10.2 Å². The number of aliphatic carboxylic acids is 1. The number of phenols is 1. The highest BCUT2D eigenvalue weighted by Gasteiger charge is 2.72. The lowest BCUT2D eigenvalue weighted by Gasteiger charge is -2.64. The molecule has 2 saturated carbocycles. The Kier molecular flexibility index (Phi) is 4.00. The van der Waals surface area contributed by atoms with Gasteiger partial charge in [0.15, 0.2) is 11.5 Å². The third kappa shape index (κ3) is 2.40. The molecular weight excluding hydrogens is 384 g/mol. The number of aliphatic hydroxyl groups is 1. The molecule has 0 unspecified atom stereocenters. The summed E-state index contributed by atoms with van der Waals surface area (Å²) >= 11 is 0. The molecule has 0 amide bonds. The smallest absolute Gasteiger partial charge is 0.304 e. The average molecular weight is 415 g/mol. The second-order valence-corrected chi connectivity index (χ2v) is 10.0. The highest BCUT2D eigenvalue weighted by atomic mass is 16.5. The molecule has 0 aromatic heterocycles. The number of benzene rings is 1. The highest BCUT2D eigenvalue weighted by molar-refractivity contribution is 5.67. The third-order valence-electron chi connectivity index (χ3n) is 8.51. The summed E-state index contributed by atoms with van der Waals surface area (Å²) in [7, 11) is 0. The number of carboxylic acid groups (broad SMARTS) is 1. The summed E-state index contributed by atoms with van der Waals surface area (Å²) < 4.78 is 6.43. The molecule has 3 fully saturated rings. The topological polar surface area (TPSA) is 102 Å². The van der Waals surface area contributed by atoms with Crippen molar-refractivity contribution in [2.75, 3.05) is 19.6 Å². The minimum Gasteiger partial charge on any atom is -0.504 e. The molecule has 0 radical (unpaired) electrons. The van der Waals surface area contributed by atoms with Crippen LogP contribution >= 0.6 is 0 Å². The Balaban J connectivity index is 1.42. The summed E-state index contributed by atoms with van der Waals surface area (Å²) in [6.07, 6.45) is 5.35. The highest BCUT2D eigenvalue weighted by Crippen LogP contribution is 2.65. The molecule has 4 N–H and O–H groups in total. The van der Waals surface area contributed by atoms with Crippen LogP contribution in [0.25, 0.3) is 0 Å². The molecule has 3 aliphatic carbocycles. The van der Waals surface area contributed by atoms with Crippen LogP contribution in [0, 0.1) is 5.92 Å². The van der Waals surface area contributed by atoms with E-state index in [9.17, 15) is 15.0 Å². The number of rotatable bonds is 6. The van der Waals surface area contributed by atoms with Crippen molar-refractivity contribution in [3.63, 3.8) is 0 Å². The largest absolute Gasteiger partial charge is 0.504 e. The molecule has 162 valence electrons. The molecule has 5 aliphatic rings. The lowest BCUT2D eigenvalue weighted by Crippen LogP contribution is -2.78. The maximum absolute atomic E-state index is 12.3. The molecule has 2 aliphatic heterocycles. The van der Waals surface area contributed by atoms with Gasteiger partial charge in [-0.3, -0.25) is 9.69 Å². The van der Waals surface area contributed by atoms with Gasteiger partial charge in [-0.05, 0) is 62.6 Å². The number of phenolic OH excluding ortho intramolecular Hbond substituents is 1. The average Bonchev–Trinajstić information content (AvgIpc) is 3.44. The molecular formula is C23H30N2O5. The molecule has 1 aromatic carbocycles. The SMILES string of the molecule is O=C(O)CCN[C@H]1CC[C@@]2(O)[C@H]3Cc4ccc(O)c5c4[C@@]2(CCN3CC2CC2)[C@H]1O5. The van der Waals surface area contributed by atoms with Crippen LogP contribution in [-0.2, 0) is 16.6 Å². The lowest BCUT2D eigenvalue weighted by molar-refractivity contribution is -0.191. The summed E-state index contributed by atoms with van der Waals surface area (Å²) in [6, 6.07) is 3.76. The second-order valence-electron chi connectivity index (χ2n) is 10.0. The quantitative estimate of drug-likeness (QED) is 0.558. The van der Waals surface area contributed by atoms with Gasteiger partial charge in [0.05, 0.1) is 17.4 Å². The van der Waals surface area contributed by atoms with Gasteiger partial charge in [0, 0.05) is 30.7 Å². The van der Waals surface area contributed by atoms with Gasteiger partial charge in [-0.15, -0.1) is 0 Å². The van der Waals surface area contributed by atoms with Gasteiger partial charge in [-0.25, -0.2) is 0 Å². The first kappa shape index (κ1) is 18.9. The van der Waals surface area contributed by atoms with E-state index in [0.717, 1.165) is 43.8 Å². The van der Waals surface area contributed by atoms with E-state index in [1.54, 1.807) is 6.07 Å². The van der Waals surface area contributed by atoms with E-state index < -0.39 is 17.0 Å². The van der Waals surface area contributed by atoms with E-state index in [1.165, 1.54) is 18.4 Å². The first-order valence-corrected chi connectivity index (χ1v) is 11.4. The van der Waals surface area contributed by atoms with Crippen LogP contribution in [-0.4, -0.2) is 69.6 Å². The van der Waals surface area contributed by atoms with E-state index in [0.29, 0.717) is 18.7 Å². The first-order valence-electron chi connectivity index (χ1n) is 11.4. The second kappa shape index (κ2) is 6.34. The molecule has 1 saturated heterocycles. The summed E-state index contributed by atoms with van der Waals surface area (Å²) in [4.78, 5) is 13.5. The fourth-order valence-corrected chi connectivity index (χ4v) is 7.06. The predicted octanol–water partition coefficient (Wildman–Crippen LogP) is 1.39. The van der Waals surface area contributed by atoms with Crippen LogP contribution in [0.15, 0.2) is 12.1 Å². The van der Waals surface area contributed by atoms with Crippen molar-refractivity contribution in [3.05, 3.63) is 23.3 Å². The van der Waals surface area contributed by atoms with Crippen molar-refractivity contribution in [1.82, 2.24) is 10.2 Å². The number of carboxylic acids is 1. The Bertz CT molecular complexity index is 902. The maximum Gasteiger partial charge on any atom is 0.304 e. The van der Waals surface area contributed by atoms with Gasteiger partial charge in [-0.2, -0.15) is 0 Å². The molecule has 5 atom stereocenters. The van der Waals surface area contributed by atoms with E-state index in [4.69, 9.17) is 9.84 Å². The monoisotopic (exact) mass is 414 g/mol. The number of likely N-dealkylation sites (tertiary alicyclic amines) is 1. The molecule has 1 aromatic rings. The van der Waals surface area contributed by atoms with Crippen LogP contribution in [0.4, 0.5) is 0 Å². The number of hydrogen-bond acceptors (Lipinski definition) is 6. The molecule has 2 bridgehead atoms. The van der Waals surface area contributed by atoms with Gasteiger partial charge in [0.1, 0.15) is 6.10 Å². The molecule has 7 nitrogen and oxygen atoms in total. The van der Waals surface area contributed by atoms with Crippen molar-refractivity contribution in [2.24, 2.45) is 5.92 Å². The standard InChI is InChI=1S/C23H30N2O5/c26-16-4-3-14-11-17-23(29)7-5-15(24-9-6-18(27)28)21-22(23,19(14)20(16)30-21)8-10-25(17)12-13-1-2-13/h3-4,13,15,17,21,24,26,29H,1-2,5-12H2,(H,27,28)/t15-,17+,21-,22-,23+/m0/s1. The van der Waals surface area contributed by atoms with Crippen molar-refractivity contribution in [1.29, 1.82) is 0 Å². The predicted molar refractivity (Wildman–Crippen MR) is 109 cm³/mol. The Labute approximate surface area is 176 Å². The van der Waals surface area contributed by atoms with Gasteiger partial charge >= 0.3 is 5.97 Å². The number of piperidine rings is 1. The van der Waals surface area contributed by atoms with E-state index in [-0.39, 0.29) is 30.4 Å². The van der Waals surface area contributed by atoms with Gasteiger partial charge < -0.3 is 25.4 Å². The number of aromatic hydroxyl groups is 1. The Morgan fingerprint density at radius 3 is 2.87 bits per heavy atom. The zero-order valence-corrected chi connectivity index (χ0v) is 17.1. The van der Waals surface area contributed by atoms with Crippen LogP contribution in [0.5, 0.6) is 11.5 Å². The number of carbonyl (C=O) groups is 1. The summed E-state index contributed by atoms with van der Waals surface area (Å²) in [5, 5.41) is 35.3. The summed E-state index contributed by atoms with van der Waals surface area (Å²) in [5.41, 5.74) is 0.772. The number of hydrogen-bond donors (Lipinski definition) is 4. The molecule has 6 rings (SSSR count). The third-order valence-corrected chi connectivity index (χ3v) is 8.51. The fraction of sp³-hybridized carbons (Fsp3) is 0.696. The van der Waals surface area contributed by atoms with Crippen molar-refractivity contribution >= 4 is 5.97 Å². The van der Waals surface area contributed by atoms with Crippen LogP contribution in [0.3, 0.4) is 0 Å². The van der Waals surface area contributed by atoms with E-state index in [1.807, 2.05) is 6.07 Å². The van der Waals surface area contributed by atoms with Crippen molar-refractivity contribution < 1.29 is 24.9 Å². The maximum atomic E-state index is 12.3. The molecule has 2 heterocycles. The number of nitrogens with zero attached hydrogens (tertiary/aromatic N) is 1. The summed E-state index contributed by atoms with van der Waals surface area (Å²) in [5.74, 6) is 0.624. The van der Waals surface area contributed by atoms with Crippen LogP contribution < -0.4 is 10.1 Å². The zero-order chi connectivity index (χ0) is 20.7. The number of nitrogens with one attached hydrogen (secondary N) is 1. The minimum absolute atomic E-state index is 0.0435. The fourth-order valence-electron chi connectivity index (χ4n) is 7.06. The van der Waals surface area contributed by atoms with Gasteiger partial charge in [0.2, 0.25) is 0 Å². The van der Waals surface area contributed by atoms with E-state index >= 15 is 0 Å². The minimum atomic E-state index is -0.887. The summed E-state index contributed by atoms with van der Waals surface area (Å²) in [6.45, 7) is 2.37. The van der Waals surface area contributed by atoms with Crippen LogP contribution in [0.1, 0.15) is 49.7 Å². The van der Waals surface area contributed by atoms with Crippen LogP contribution in [0.2, 0.25) is 0 Å².